The van der Waals surface area contributed by atoms with Gasteiger partial charge in [0.25, 0.3) is 0 Å². The SMILES string of the molecule is CC(C)C(=O)N[C@@H](Cc1ccccc1)c1nnc(N2CCCCCC2)o1. The molecule has 1 aromatic heterocycles. The van der Waals surface area contributed by atoms with E-state index >= 15 is 0 Å². The van der Waals surface area contributed by atoms with Crippen LogP contribution < -0.4 is 10.2 Å². The van der Waals surface area contributed by atoms with E-state index in [2.05, 4.69) is 20.4 Å². The monoisotopic (exact) mass is 356 g/mol. The van der Waals surface area contributed by atoms with Crippen LogP contribution in [0.4, 0.5) is 6.01 Å². The summed E-state index contributed by atoms with van der Waals surface area (Å²) in [5, 5.41) is 11.6. The fourth-order valence-corrected chi connectivity index (χ4v) is 3.15. The van der Waals surface area contributed by atoms with Gasteiger partial charge in [0, 0.05) is 25.4 Å². The number of hydrogen-bond acceptors (Lipinski definition) is 5. The van der Waals surface area contributed by atoms with E-state index in [9.17, 15) is 4.79 Å². The maximum Gasteiger partial charge on any atom is 0.318 e. The number of aromatic nitrogens is 2. The molecule has 0 radical (unpaired) electrons. The van der Waals surface area contributed by atoms with Crippen LogP contribution in [0.3, 0.4) is 0 Å². The van der Waals surface area contributed by atoms with E-state index in [4.69, 9.17) is 4.42 Å². The number of anilines is 1. The van der Waals surface area contributed by atoms with E-state index in [1.807, 2.05) is 44.2 Å². The van der Waals surface area contributed by atoms with Gasteiger partial charge in [-0.15, -0.1) is 5.10 Å². The van der Waals surface area contributed by atoms with Gasteiger partial charge in [-0.05, 0) is 18.4 Å². The molecular weight excluding hydrogens is 328 g/mol. The molecule has 6 heteroatoms. The van der Waals surface area contributed by atoms with E-state index in [1.165, 1.54) is 12.8 Å². The van der Waals surface area contributed by atoms with Crippen LogP contribution in [-0.2, 0) is 11.2 Å². The van der Waals surface area contributed by atoms with E-state index in [0.29, 0.717) is 18.3 Å². The van der Waals surface area contributed by atoms with Crippen molar-refractivity contribution in [2.24, 2.45) is 5.92 Å². The van der Waals surface area contributed by atoms with Gasteiger partial charge in [0.05, 0.1) is 0 Å². The third kappa shape index (κ3) is 4.84. The highest BCUT2D eigenvalue weighted by molar-refractivity contribution is 5.78. The molecule has 1 amide bonds. The first-order valence-electron chi connectivity index (χ1n) is 9.56. The van der Waals surface area contributed by atoms with Gasteiger partial charge in [0.2, 0.25) is 11.8 Å². The van der Waals surface area contributed by atoms with E-state index < -0.39 is 0 Å². The van der Waals surface area contributed by atoms with Crippen molar-refractivity contribution >= 4 is 11.9 Å². The predicted molar refractivity (Wildman–Crippen MR) is 101 cm³/mol. The number of rotatable bonds is 6. The minimum Gasteiger partial charge on any atom is -0.406 e. The third-order valence-corrected chi connectivity index (χ3v) is 4.73. The van der Waals surface area contributed by atoms with E-state index in [0.717, 1.165) is 31.5 Å². The Balaban J connectivity index is 1.78. The molecule has 6 nitrogen and oxygen atoms in total. The molecule has 0 aliphatic carbocycles. The topological polar surface area (TPSA) is 71.3 Å². The van der Waals surface area contributed by atoms with Crippen molar-refractivity contribution in [2.45, 2.75) is 52.0 Å². The average Bonchev–Trinajstić information content (AvgIpc) is 2.97. The van der Waals surface area contributed by atoms with Crippen molar-refractivity contribution in [3.63, 3.8) is 0 Å². The van der Waals surface area contributed by atoms with Crippen LogP contribution in [0, 0.1) is 5.92 Å². The highest BCUT2D eigenvalue weighted by Crippen LogP contribution is 2.23. The standard InChI is InChI=1S/C20H28N4O2/c1-15(2)18(25)21-17(14-16-10-6-5-7-11-16)19-22-23-20(26-19)24-12-8-3-4-9-13-24/h5-7,10-11,15,17H,3-4,8-9,12-14H2,1-2H3,(H,21,25)/t17-/m0/s1. The Morgan fingerprint density at radius 1 is 1.12 bits per heavy atom. The molecule has 1 aliphatic rings. The molecule has 0 unspecified atom stereocenters. The van der Waals surface area contributed by atoms with Crippen LogP contribution >= 0.6 is 0 Å². The highest BCUT2D eigenvalue weighted by Gasteiger charge is 2.24. The molecule has 1 aromatic carbocycles. The Kier molecular flexibility index (Phi) is 6.26. The Bertz CT molecular complexity index is 691. The zero-order valence-electron chi connectivity index (χ0n) is 15.6. The number of hydrogen-bond donors (Lipinski definition) is 1. The maximum absolute atomic E-state index is 12.3. The van der Waals surface area contributed by atoms with Crippen molar-refractivity contribution in [2.75, 3.05) is 18.0 Å². The van der Waals surface area contributed by atoms with Crippen LogP contribution in [-0.4, -0.2) is 29.2 Å². The summed E-state index contributed by atoms with van der Waals surface area (Å²) < 4.78 is 5.98. The van der Waals surface area contributed by atoms with Gasteiger partial charge in [0.15, 0.2) is 0 Å². The molecular formula is C20H28N4O2. The molecule has 0 spiro atoms. The van der Waals surface area contributed by atoms with Gasteiger partial charge in [0.1, 0.15) is 6.04 Å². The second-order valence-electron chi connectivity index (χ2n) is 7.23. The lowest BCUT2D eigenvalue weighted by atomic mass is 10.0. The van der Waals surface area contributed by atoms with Gasteiger partial charge >= 0.3 is 6.01 Å². The minimum atomic E-state index is -0.319. The van der Waals surface area contributed by atoms with Crippen LogP contribution in [0.25, 0.3) is 0 Å². The Morgan fingerprint density at radius 2 is 1.81 bits per heavy atom. The second-order valence-corrected chi connectivity index (χ2v) is 7.23. The van der Waals surface area contributed by atoms with Crippen molar-refractivity contribution in [1.82, 2.24) is 15.5 Å². The summed E-state index contributed by atoms with van der Waals surface area (Å²) in [6.45, 7) is 5.66. The zero-order chi connectivity index (χ0) is 18.4. The summed E-state index contributed by atoms with van der Waals surface area (Å²) >= 11 is 0. The van der Waals surface area contributed by atoms with Crippen LogP contribution in [0.1, 0.15) is 57.0 Å². The first-order valence-corrected chi connectivity index (χ1v) is 9.56. The predicted octanol–water partition coefficient (Wildman–Crippen LogP) is 3.51. The lowest BCUT2D eigenvalue weighted by Gasteiger charge is -2.18. The summed E-state index contributed by atoms with van der Waals surface area (Å²) in [6.07, 6.45) is 5.42. The molecule has 1 saturated heterocycles. The van der Waals surface area contributed by atoms with E-state index in [1.54, 1.807) is 0 Å². The number of carbonyl (C=O) groups excluding carboxylic acids is 1. The van der Waals surface area contributed by atoms with Gasteiger partial charge in [-0.1, -0.05) is 62.1 Å². The molecule has 0 bridgehead atoms. The van der Waals surface area contributed by atoms with Crippen molar-refractivity contribution in [3.8, 4) is 0 Å². The largest absolute Gasteiger partial charge is 0.406 e. The minimum absolute atomic E-state index is 0.0135. The summed E-state index contributed by atoms with van der Waals surface area (Å²) in [6, 6.07) is 10.3. The Hall–Kier alpha value is -2.37. The van der Waals surface area contributed by atoms with Gasteiger partial charge in [-0.2, -0.15) is 0 Å². The third-order valence-electron chi connectivity index (χ3n) is 4.73. The molecule has 2 aromatic rings. The Morgan fingerprint density at radius 3 is 2.46 bits per heavy atom. The number of amides is 1. The quantitative estimate of drug-likeness (QED) is 0.858. The molecule has 26 heavy (non-hydrogen) atoms. The fraction of sp³-hybridized carbons (Fsp3) is 0.550. The fourth-order valence-electron chi connectivity index (χ4n) is 3.15. The smallest absolute Gasteiger partial charge is 0.318 e. The number of benzene rings is 1. The molecule has 0 saturated carbocycles. The molecule has 1 N–H and O–H groups in total. The normalized spacial score (nSPS) is 16.3. The van der Waals surface area contributed by atoms with Crippen molar-refractivity contribution in [3.05, 3.63) is 41.8 Å². The van der Waals surface area contributed by atoms with E-state index in [-0.39, 0.29) is 17.9 Å². The maximum atomic E-state index is 12.3. The summed E-state index contributed by atoms with van der Waals surface area (Å²) in [4.78, 5) is 14.4. The Labute approximate surface area is 155 Å². The van der Waals surface area contributed by atoms with Gasteiger partial charge in [-0.3, -0.25) is 4.79 Å². The summed E-state index contributed by atoms with van der Waals surface area (Å²) in [5.74, 6) is 0.365. The lowest BCUT2D eigenvalue weighted by Crippen LogP contribution is -2.33. The first-order chi connectivity index (χ1) is 12.6. The first kappa shape index (κ1) is 18.4. The average molecular weight is 356 g/mol. The molecule has 3 rings (SSSR count). The van der Waals surface area contributed by atoms with Crippen molar-refractivity contribution < 1.29 is 9.21 Å². The van der Waals surface area contributed by atoms with Crippen LogP contribution in [0.2, 0.25) is 0 Å². The second kappa shape index (κ2) is 8.83. The number of nitrogens with zero attached hydrogens (tertiary/aromatic N) is 3. The highest BCUT2D eigenvalue weighted by atomic mass is 16.4. The molecule has 140 valence electrons. The van der Waals surface area contributed by atoms with Crippen LogP contribution in [0.15, 0.2) is 34.7 Å². The zero-order valence-corrected chi connectivity index (χ0v) is 15.6. The van der Waals surface area contributed by atoms with Gasteiger partial charge < -0.3 is 14.6 Å². The molecule has 2 heterocycles. The van der Waals surface area contributed by atoms with Crippen molar-refractivity contribution in [1.29, 1.82) is 0 Å². The lowest BCUT2D eigenvalue weighted by molar-refractivity contribution is -0.124. The molecule has 1 aliphatic heterocycles. The number of nitrogens with one attached hydrogen (secondary N) is 1. The summed E-state index contributed by atoms with van der Waals surface area (Å²) in [5.41, 5.74) is 1.12. The summed E-state index contributed by atoms with van der Waals surface area (Å²) in [7, 11) is 0. The van der Waals surface area contributed by atoms with Crippen LogP contribution in [0.5, 0.6) is 0 Å². The molecule has 1 fully saturated rings. The number of carbonyl (C=O) groups is 1. The molecule has 1 atom stereocenters. The van der Waals surface area contributed by atoms with Gasteiger partial charge in [-0.25, -0.2) is 0 Å².